The molecule has 4 atom stereocenters. The van der Waals surface area contributed by atoms with Gasteiger partial charge in [-0.1, -0.05) is 36.4 Å². The van der Waals surface area contributed by atoms with Gasteiger partial charge in [-0.25, -0.2) is 9.69 Å². The Morgan fingerprint density at radius 1 is 1.03 bits per heavy atom. The summed E-state index contributed by atoms with van der Waals surface area (Å²) in [5, 5.41) is 5.30. The largest absolute Gasteiger partial charge is 0.494 e. The number of rotatable bonds is 6. The van der Waals surface area contributed by atoms with E-state index in [1.54, 1.807) is 48.5 Å². The summed E-state index contributed by atoms with van der Waals surface area (Å²) in [6.45, 7) is 2.40. The Balaban J connectivity index is 1.66. The van der Waals surface area contributed by atoms with E-state index >= 15 is 0 Å². The first-order valence-electron chi connectivity index (χ1n) is 11.1. The highest BCUT2D eigenvalue weighted by Gasteiger charge is 2.69. The molecule has 0 aliphatic carbocycles. The second kappa shape index (κ2) is 8.70. The first-order valence-corrected chi connectivity index (χ1v) is 12.0. The van der Waals surface area contributed by atoms with Crippen molar-refractivity contribution in [3.63, 3.8) is 0 Å². The monoisotopic (exact) mass is 476 g/mol. The van der Waals surface area contributed by atoms with Crippen LogP contribution in [-0.4, -0.2) is 31.5 Å². The highest BCUT2D eigenvalue weighted by molar-refractivity contribution is 7.10. The third-order valence-corrected chi connectivity index (χ3v) is 7.51. The third kappa shape index (κ3) is 3.25. The van der Waals surface area contributed by atoms with Crippen molar-refractivity contribution in [2.45, 2.75) is 18.5 Å². The summed E-state index contributed by atoms with van der Waals surface area (Å²) in [6, 6.07) is 19.2. The molecule has 2 aliphatic heterocycles. The van der Waals surface area contributed by atoms with E-state index in [9.17, 15) is 14.4 Å². The number of benzene rings is 2. The summed E-state index contributed by atoms with van der Waals surface area (Å²) in [6.07, 6.45) is 0. The summed E-state index contributed by atoms with van der Waals surface area (Å²) in [5.74, 6) is -2.45. The van der Waals surface area contributed by atoms with Gasteiger partial charge < -0.3 is 9.47 Å². The predicted octanol–water partition coefficient (Wildman–Crippen LogP) is 3.67. The average molecular weight is 477 g/mol. The van der Waals surface area contributed by atoms with Crippen LogP contribution in [0.25, 0.3) is 0 Å². The molecule has 3 aromatic rings. The van der Waals surface area contributed by atoms with Gasteiger partial charge in [0.1, 0.15) is 5.75 Å². The van der Waals surface area contributed by atoms with Crippen LogP contribution in [0.1, 0.15) is 23.4 Å². The summed E-state index contributed by atoms with van der Waals surface area (Å²) >= 11 is 1.48. The van der Waals surface area contributed by atoms with Gasteiger partial charge in [-0.15, -0.1) is 11.3 Å². The minimum atomic E-state index is -1.50. The number of hydrogen-bond donors (Lipinski definition) is 1. The minimum absolute atomic E-state index is 0.341. The molecule has 2 aromatic carbocycles. The molecule has 4 unspecified atom stereocenters. The normalized spacial score (nSPS) is 25.9. The SMILES string of the molecule is CCOc1ccc(N2C(=O)C3C(c4cccs4)NC(C(=O)OC)(c4ccccc4)C3C2=O)cc1. The van der Waals surface area contributed by atoms with Crippen LogP contribution < -0.4 is 15.0 Å². The number of ether oxygens (including phenoxy) is 2. The fourth-order valence-corrected chi connectivity index (χ4v) is 5.99. The minimum Gasteiger partial charge on any atom is -0.494 e. The number of nitrogens with one attached hydrogen (secondary N) is 1. The number of amides is 2. The second-order valence-corrected chi connectivity index (χ2v) is 9.22. The Kier molecular flexibility index (Phi) is 5.71. The Morgan fingerprint density at radius 2 is 1.76 bits per heavy atom. The molecular weight excluding hydrogens is 452 g/mol. The number of imide groups is 1. The topological polar surface area (TPSA) is 84.9 Å². The lowest BCUT2D eigenvalue weighted by atomic mass is 9.75. The summed E-state index contributed by atoms with van der Waals surface area (Å²) < 4.78 is 10.7. The fraction of sp³-hybridized carbons (Fsp3) is 0.269. The Bertz CT molecular complexity index is 1210. The lowest BCUT2D eigenvalue weighted by Gasteiger charge is -2.32. The molecule has 7 nitrogen and oxygen atoms in total. The maximum Gasteiger partial charge on any atom is 0.331 e. The van der Waals surface area contributed by atoms with Crippen LogP contribution in [0.5, 0.6) is 5.75 Å². The molecule has 1 aromatic heterocycles. The number of hydrogen-bond acceptors (Lipinski definition) is 7. The van der Waals surface area contributed by atoms with Crippen LogP contribution in [0.2, 0.25) is 0 Å². The molecule has 5 rings (SSSR count). The van der Waals surface area contributed by atoms with Crippen LogP contribution in [-0.2, 0) is 24.7 Å². The molecule has 0 saturated carbocycles. The predicted molar refractivity (Wildman–Crippen MR) is 127 cm³/mol. The number of anilines is 1. The Morgan fingerprint density at radius 3 is 2.38 bits per heavy atom. The van der Waals surface area contributed by atoms with E-state index in [0.29, 0.717) is 23.6 Å². The number of carbonyl (C=O) groups excluding carboxylic acids is 3. The van der Waals surface area contributed by atoms with E-state index in [1.165, 1.54) is 23.3 Å². The van der Waals surface area contributed by atoms with Gasteiger partial charge in [0.25, 0.3) is 0 Å². The van der Waals surface area contributed by atoms with E-state index in [1.807, 2.05) is 30.5 Å². The van der Waals surface area contributed by atoms with Gasteiger partial charge in [-0.2, -0.15) is 0 Å². The zero-order valence-corrected chi connectivity index (χ0v) is 19.6. The van der Waals surface area contributed by atoms with Gasteiger partial charge >= 0.3 is 5.97 Å². The Hall–Kier alpha value is -3.49. The first-order chi connectivity index (χ1) is 16.5. The van der Waals surface area contributed by atoms with Crippen molar-refractivity contribution >= 4 is 34.8 Å². The summed E-state index contributed by atoms with van der Waals surface area (Å²) in [4.78, 5) is 43.3. The number of fused-ring (bicyclic) bond motifs is 1. The van der Waals surface area contributed by atoms with Crippen molar-refractivity contribution < 1.29 is 23.9 Å². The quantitative estimate of drug-likeness (QED) is 0.432. The van der Waals surface area contributed by atoms with Gasteiger partial charge in [0.2, 0.25) is 11.8 Å². The molecule has 8 heteroatoms. The molecule has 1 N–H and O–H groups in total. The molecule has 174 valence electrons. The van der Waals surface area contributed by atoms with Gasteiger partial charge in [0, 0.05) is 4.88 Å². The van der Waals surface area contributed by atoms with Crippen molar-refractivity contribution in [1.29, 1.82) is 0 Å². The number of nitrogens with zero attached hydrogens (tertiary/aromatic N) is 1. The highest BCUT2D eigenvalue weighted by Crippen LogP contribution is 2.54. The average Bonchev–Trinajstić information content (AvgIpc) is 3.57. The van der Waals surface area contributed by atoms with Crippen LogP contribution in [0.4, 0.5) is 5.69 Å². The molecule has 2 saturated heterocycles. The Labute approximate surface area is 201 Å². The molecule has 3 heterocycles. The zero-order valence-electron chi connectivity index (χ0n) is 18.8. The zero-order chi connectivity index (χ0) is 23.9. The number of carbonyl (C=O) groups is 3. The smallest absolute Gasteiger partial charge is 0.331 e. The van der Waals surface area contributed by atoms with Crippen molar-refractivity contribution in [2.75, 3.05) is 18.6 Å². The van der Waals surface area contributed by atoms with Crippen molar-refractivity contribution in [3.8, 4) is 5.75 Å². The van der Waals surface area contributed by atoms with E-state index in [-0.39, 0.29) is 5.91 Å². The standard InChI is InChI=1S/C26H24N2O5S/c1-3-33-18-13-11-17(12-14-18)28-23(29)20-21(24(28)30)26(25(31)32-2,16-8-5-4-6-9-16)27-22(20)19-10-7-15-34-19/h4-15,20-22,27H,3H2,1-2H3. The number of thiophene rings is 1. The van der Waals surface area contributed by atoms with Crippen LogP contribution >= 0.6 is 11.3 Å². The molecule has 2 fully saturated rings. The van der Waals surface area contributed by atoms with Gasteiger partial charge in [0.05, 0.1) is 37.3 Å². The maximum atomic E-state index is 14.0. The second-order valence-electron chi connectivity index (χ2n) is 8.25. The van der Waals surface area contributed by atoms with Crippen molar-refractivity contribution in [3.05, 3.63) is 82.6 Å². The maximum absolute atomic E-state index is 14.0. The number of methoxy groups -OCH3 is 1. The van der Waals surface area contributed by atoms with E-state index < -0.39 is 35.3 Å². The van der Waals surface area contributed by atoms with E-state index in [2.05, 4.69) is 5.32 Å². The molecule has 2 aliphatic rings. The van der Waals surface area contributed by atoms with E-state index in [0.717, 1.165) is 4.88 Å². The molecular formula is C26H24N2O5S. The molecule has 0 bridgehead atoms. The summed E-state index contributed by atoms with van der Waals surface area (Å²) in [5.41, 5.74) is -0.461. The van der Waals surface area contributed by atoms with Gasteiger partial charge in [-0.3, -0.25) is 14.9 Å². The van der Waals surface area contributed by atoms with E-state index in [4.69, 9.17) is 9.47 Å². The third-order valence-electron chi connectivity index (χ3n) is 6.55. The highest BCUT2D eigenvalue weighted by atomic mass is 32.1. The molecule has 2 amide bonds. The molecule has 0 spiro atoms. The molecule has 34 heavy (non-hydrogen) atoms. The van der Waals surface area contributed by atoms with Gasteiger partial charge in [0.15, 0.2) is 5.54 Å². The fourth-order valence-electron chi connectivity index (χ4n) is 5.16. The lowest BCUT2D eigenvalue weighted by Crippen LogP contribution is -2.53. The summed E-state index contributed by atoms with van der Waals surface area (Å²) in [7, 11) is 1.30. The van der Waals surface area contributed by atoms with Crippen LogP contribution in [0.3, 0.4) is 0 Å². The van der Waals surface area contributed by atoms with Crippen LogP contribution in [0.15, 0.2) is 72.1 Å². The van der Waals surface area contributed by atoms with Gasteiger partial charge in [-0.05, 0) is 48.2 Å². The van der Waals surface area contributed by atoms with Crippen LogP contribution in [0, 0.1) is 11.8 Å². The molecule has 0 radical (unpaired) electrons. The lowest BCUT2D eigenvalue weighted by molar-refractivity contribution is -0.152. The van der Waals surface area contributed by atoms with Crippen molar-refractivity contribution in [1.82, 2.24) is 5.32 Å². The first kappa shape index (κ1) is 22.3. The number of esters is 1. The van der Waals surface area contributed by atoms with Crippen molar-refractivity contribution in [2.24, 2.45) is 11.8 Å².